The van der Waals surface area contributed by atoms with Gasteiger partial charge < -0.3 is 10.2 Å². The molecule has 0 radical (unpaired) electrons. The summed E-state index contributed by atoms with van der Waals surface area (Å²) in [5, 5.41) is 18.9. The maximum absolute atomic E-state index is 12.2. The van der Waals surface area contributed by atoms with Gasteiger partial charge in [0.05, 0.1) is 12.1 Å². The van der Waals surface area contributed by atoms with Crippen LogP contribution in [0.2, 0.25) is 0 Å². The van der Waals surface area contributed by atoms with Gasteiger partial charge in [-0.1, -0.05) is 13.3 Å². The molecule has 1 saturated carbocycles. The Balaban J connectivity index is 2.01. The van der Waals surface area contributed by atoms with Crippen molar-refractivity contribution in [3.05, 3.63) is 23.8 Å². The first-order valence-electron chi connectivity index (χ1n) is 6.91. The molecule has 0 amide bonds. The number of hydrogen-bond donors (Lipinski definition) is 2. The molecule has 0 saturated heterocycles. The highest BCUT2D eigenvalue weighted by molar-refractivity contribution is 6.00. The van der Waals surface area contributed by atoms with Crippen LogP contribution in [-0.4, -0.2) is 40.0 Å². The molecule has 0 heterocycles. The molecule has 2 rings (SSSR count). The van der Waals surface area contributed by atoms with Crippen molar-refractivity contribution in [1.82, 2.24) is 4.90 Å². The number of Topliss-reactive ketones (excluding diaryl/α,β-unsaturated/α-hetero) is 1. The van der Waals surface area contributed by atoms with Crippen LogP contribution < -0.4 is 0 Å². The lowest BCUT2D eigenvalue weighted by molar-refractivity contribution is 0.0921. The maximum Gasteiger partial charge on any atom is 0.180 e. The second kappa shape index (κ2) is 6.06. The first-order valence-corrected chi connectivity index (χ1v) is 6.91. The highest BCUT2D eigenvalue weighted by Crippen LogP contribution is 2.28. The van der Waals surface area contributed by atoms with Gasteiger partial charge in [-0.15, -0.1) is 0 Å². The van der Waals surface area contributed by atoms with Crippen molar-refractivity contribution in [1.29, 1.82) is 0 Å². The quantitative estimate of drug-likeness (QED) is 0.742. The lowest BCUT2D eigenvalue weighted by atomic mass is 10.1. The minimum absolute atomic E-state index is 0.0286. The zero-order valence-electron chi connectivity index (χ0n) is 11.3. The van der Waals surface area contributed by atoms with E-state index in [1.807, 2.05) is 0 Å². The van der Waals surface area contributed by atoms with Gasteiger partial charge in [-0.05, 0) is 37.9 Å². The van der Waals surface area contributed by atoms with Crippen LogP contribution in [0.1, 0.15) is 43.0 Å². The average Bonchev–Trinajstić information content (AvgIpc) is 3.18. The molecule has 4 nitrogen and oxygen atoms in total. The first kappa shape index (κ1) is 13.9. The summed E-state index contributed by atoms with van der Waals surface area (Å²) in [6, 6.07) is 4.66. The SMILES string of the molecule is CCCCN(CC(=O)c1ccc(O)cc1O)C1CC1. The van der Waals surface area contributed by atoms with Crippen LogP contribution in [-0.2, 0) is 0 Å². The van der Waals surface area contributed by atoms with Crippen LogP contribution in [0, 0.1) is 0 Å². The predicted molar refractivity (Wildman–Crippen MR) is 73.6 cm³/mol. The molecule has 104 valence electrons. The van der Waals surface area contributed by atoms with Crippen molar-refractivity contribution in [2.45, 2.75) is 38.6 Å². The third kappa shape index (κ3) is 3.70. The molecule has 2 N–H and O–H groups in total. The van der Waals surface area contributed by atoms with Crippen LogP contribution in [0.5, 0.6) is 11.5 Å². The van der Waals surface area contributed by atoms with Gasteiger partial charge in [0, 0.05) is 12.1 Å². The minimum atomic E-state index is -0.142. The monoisotopic (exact) mass is 263 g/mol. The summed E-state index contributed by atoms with van der Waals surface area (Å²) in [5.74, 6) is -0.254. The highest BCUT2D eigenvalue weighted by atomic mass is 16.3. The third-order valence-corrected chi connectivity index (χ3v) is 3.49. The van der Waals surface area contributed by atoms with Gasteiger partial charge in [-0.25, -0.2) is 0 Å². The van der Waals surface area contributed by atoms with E-state index < -0.39 is 0 Å². The smallest absolute Gasteiger partial charge is 0.180 e. The Hall–Kier alpha value is -1.55. The Morgan fingerprint density at radius 1 is 1.37 bits per heavy atom. The summed E-state index contributed by atoms with van der Waals surface area (Å²) in [5.41, 5.74) is 0.292. The molecule has 0 spiro atoms. The molecule has 0 aliphatic heterocycles. The van der Waals surface area contributed by atoms with Gasteiger partial charge in [-0.2, -0.15) is 0 Å². The number of carbonyl (C=O) groups is 1. The molecule has 1 aromatic carbocycles. The maximum atomic E-state index is 12.2. The highest BCUT2D eigenvalue weighted by Gasteiger charge is 2.30. The first-order chi connectivity index (χ1) is 9.11. The van der Waals surface area contributed by atoms with Gasteiger partial charge >= 0.3 is 0 Å². The number of ketones is 1. The second-order valence-electron chi connectivity index (χ2n) is 5.18. The molecule has 19 heavy (non-hydrogen) atoms. The van der Waals surface area contributed by atoms with Crippen molar-refractivity contribution < 1.29 is 15.0 Å². The van der Waals surface area contributed by atoms with Crippen molar-refractivity contribution in [2.24, 2.45) is 0 Å². The summed E-state index contributed by atoms with van der Waals surface area (Å²) >= 11 is 0. The van der Waals surface area contributed by atoms with Crippen LogP contribution >= 0.6 is 0 Å². The number of phenols is 2. The van der Waals surface area contributed by atoms with Gasteiger partial charge in [0.2, 0.25) is 0 Å². The van der Waals surface area contributed by atoms with E-state index in [2.05, 4.69) is 11.8 Å². The standard InChI is InChI=1S/C15H21NO3/c1-2-3-8-16(11-4-5-11)10-15(19)13-7-6-12(17)9-14(13)18/h6-7,9,11,17-18H,2-5,8,10H2,1H3. The Morgan fingerprint density at radius 3 is 2.68 bits per heavy atom. The van der Waals surface area contributed by atoms with Crippen molar-refractivity contribution in [3.8, 4) is 11.5 Å². The lowest BCUT2D eigenvalue weighted by Crippen LogP contribution is -2.32. The average molecular weight is 263 g/mol. The van der Waals surface area contributed by atoms with E-state index >= 15 is 0 Å². The van der Waals surface area contributed by atoms with E-state index in [-0.39, 0.29) is 17.3 Å². The summed E-state index contributed by atoms with van der Waals surface area (Å²) in [7, 11) is 0. The number of carbonyl (C=O) groups excluding carboxylic acids is 1. The molecule has 1 aliphatic carbocycles. The van der Waals surface area contributed by atoms with Crippen LogP contribution in [0.3, 0.4) is 0 Å². The van der Waals surface area contributed by atoms with Crippen LogP contribution in [0.4, 0.5) is 0 Å². The van der Waals surface area contributed by atoms with Crippen LogP contribution in [0.25, 0.3) is 0 Å². The Kier molecular flexibility index (Phi) is 4.43. The van der Waals surface area contributed by atoms with E-state index in [1.165, 1.54) is 31.0 Å². The van der Waals surface area contributed by atoms with E-state index in [1.54, 1.807) is 0 Å². The lowest BCUT2D eigenvalue weighted by Gasteiger charge is -2.21. The molecule has 1 aromatic rings. The zero-order chi connectivity index (χ0) is 13.8. The summed E-state index contributed by atoms with van der Waals surface area (Å²) in [6.07, 6.45) is 4.53. The zero-order valence-corrected chi connectivity index (χ0v) is 11.3. The number of aromatic hydroxyl groups is 2. The number of benzene rings is 1. The summed E-state index contributed by atoms with van der Waals surface area (Å²) < 4.78 is 0. The number of unbranched alkanes of at least 4 members (excludes halogenated alkanes) is 1. The van der Waals surface area contributed by atoms with Crippen LogP contribution in [0.15, 0.2) is 18.2 Å². The van der Waals surface area contributed by atoms with Crippen molar-refractivity contribution in [2.75, 3.05) is 13.1 Å². The molecule has 0 bridgehead atoms. The Bertz CT molecular complexity index is 455. The number of hydrogen-bond acceptors (Lipinski definition) is 4. The molecule has 0 atom stereocenters. The van der Waals surface area contributed by atoms with Crippen molar-refractivity contribution >= 4 is 5.78 Å². The number of phenolic OH excluding ortho intramolecular Hbond substituents is 2. The fourth-order valence-corrected chi connectivity index (χ4v) is 2.22. The summed E-state index contributed by atoms with van der Waals surface area (Å²) in [4.78, 5) is 14.4. The fraction of sp³-hybridized carbons (Fsp3) is 0.533. The summed E-state index contributed by atoms with van der Waals surface area (Å²) in [6.45, 7) is 3.42. The molecule has 1 aliphatic rings. The van der Waals surface area contributed by atoms with Gasteiger partial charge in [0.25, 0.3) is 0 Å². The fourth-order valence-electron chi connectivity index (χ4n) is 2.22. The normalized spacial score (nSPS) is 14.8. The van der Waals surface area contributed by atoms with Gasteiger partial charge in [0.1, 0.15) is 11.5 Å². The van der Waals surface area contributed by atoms with E-state index in [4.69, 9.17) is 0 Å². The number of nitrogens with zero attached hydrogens (tertiary/aromatic N) is 1. The van der Waals surface area contributed by atoms with E-state index in [0.29, 0.717) is 18.2 Å². The van der Waals surface area contributed by atoms with E-state index in [9.17, 15) is 15.0 Å². The predicted octanol–water partition coefficient (Wildman–Crippen LogP) is 2.55. The third-order valence-electron chi connectivity index (χ3n) is 3.49. The van der Waals surface area contributed by atoms with Gasteiger partial charge in [-0.3, -0.25) is 9.69 Å². The van der Waals surface area contributed by atoms with Crippen molar-refractivity contribution in [3.63, 3.8) is 0 Å². The minimum Gasteiger partial charge on any atom is -0.508 e. The second-order valence-corrected chi connectivity index (χ2v) is 5.18. The molecular formula is C15H21NO3. The molecule has 1 fully saturated rings. The van der Waals surface area contributed by atoms with E-state index in [0.717, 1.165) is 19.4 Å². The Morgan fingerprint density at radius 2 is 2.11 bits per heavy atom. The molecule has 0 unspecified atom stereocenters. The Labute approximate surface area is 113 Å². The van der Waals surface area contributed by atoms with Gasteiger partial charge in [0.15, 0.2) is 5.78 Å². The molecule has 0 aromatic heterocycles. The molecular weight excluding hydrogens is 242 g/mol. The largest absolute Gasteiger partial charge is 0.508 e. The molecule has 4 heteroatoms. The topological polar surface area (TPSA) is 60.8 Å². The number of rotatable bonds is 7.